The number of aromatic nitrogens is 1. The molecule has 1 aliphatic carbocycles. The van der Waals surface area contributed by atoms with Crippen molar-refractivity contribution >= 4 is 5.91 Å². The van der Waals surface area contributed by atoms with Crippen LogP contribution in [0, 0.1) is 0 Å². The first-order valence-corrected chi connectivity index (χ1v) is 9.07. The molecular weight excluding hydrogens is 314 g/mol. The van der Waals surface area contributed by atoms with Gasteiger partial charge in [-0.05, 0) is 57.8 Å². The zero-order valence-electron chi connectivity index (χ0n) is 15.4. The summed E-state index contributed by atoms with van der Waals surface area (Å²) in [4.78, 5) is 16.9. The van der Waals surface area contributed by atoms with Gasteiger partial charge in [-0.1, -0.05) is 29.4 Å². The molecule has 1 aromatic heterocycles. The van der Waals surface area contributed by atoms with Crippen LogP contribution in [-0.2, 0) is 25.9 Å². The molecule has 2 aromatic rings. The van der Waals surface area contributed by atoms with E-state index in [1.165, 1.54) is 5.56 Å². The zero-order chi connectivity index (χ0) is 17.8. The van der Waals surface area contributed by atoms with Crippen LogP contribution in [0.15, 0.2) is 28.8 Å². The number of carbonyl (C=O) groups is 1. The molecule has 134 valence electrons. The van der Waals surface area contributed by atoms with Crippen LogP contribution in [0.5, 0.6) is 0 Å². The molecule has 0 aliphatic heterocycles. The molecule has 0 saturated heterocycles. The number of hydrogen-bond acceptors (Lipinski definition) is 4. The van der Waals surface area contributed by atoms with Crippen LogP contribution in [0.1, 0.15) is 52.7 Å². The predicted molar refractivity (Wildman–Crippen MR) is 97.4 cm³/mol. The SMILES string of the molecule is CCN(Cc1ccc(CN(C)C)cc1)C(=O)c1onc2c1CCCC2. The second-order valence-corrected chi connectivity index (χ2v) is 7.02. The lowest BCUT2D eigenvalue weighted by atomic mass is 9.96. The molecule has 0 N–H and O–H groups in total. The van der Waals surface area contributed by atoms with Crippen LogP contribution in [0.3, 0.4) is 0 Å². The Morgan fingerprint density at radius 2 is 1.72 bits per heavy atom. The third kappa shape index (κ3) is 4.10. The average molecular weight is 341 g/mol. The van der Waals surface area contributed by atoms with E-state index in [2.05, 4.69) is 48.4 Å². The molecule has 1 heterocycles. The summed E-state index contributed by atoms with van der Waals surface area (Å²) in [5.74, 6) is 0.399. The van der Waals surface area contributed by atoms with Crippen molar-refractivity contribution in [2.45, 2.75) is 45.7 Å². The first-order chi connectivity index (χ1) is 12.1. The van der Waals surface area contributed by atoms with Crippen LogP contribution < -0.4 is 0 Å². The second-order valence-electron chi connectivity index (χ2n) is 7.02. The molecule has 5 nitrogen and oxygen atoms in total. The van der Waals surface area contributed by atoms with Gasteiger partial charge in [0.15, 0.2) is 0 Å². The summed E-state index contributed by atoms with van der Waals surface area (Å²) in [7, 11) is 4.12. The van der Waals surface area contributed by atoms with Gasteiger partial charge < -0.3 is 14.3 Å². The molecule has 0 bridgehead atoms. The van der Waals surface area contributed by atoms with Gasteiger partial charge in [-0.15, -0.1) is 0 Å². The van der Waals surface area contributed by atoms with Crippen molar-refractivity contribution in [1.82, 2.24) is 15.0 Å². The van der Waals surface area contributed by atoms with E-state index in [4.69, 9.17) is 4.52 Å². The molecular formula is C20H27N3O2. The van der Waals surface area contributed by atoms with Crippen molar-refractivity contribution in [2.75, 3.05) is 20.6 Å². The van der Waals surface area contributed by atoms with Crippen molar-refractivity contribution in [2.24, 2.45) is 0 Å². The first kappa shape index (κ1) is 17.7. The van der Waals surface area contributed by atoms with E-state index in [-0.39, 0.29) is 5.91 Å². The van der Waals surface area contributed by atoms with E-state index in [0.717, 1.165) is 49.0 Å². The Kier molecular flexibility index (Phi) is 5.53. The molecule has 0 radical (unpaired) electrons. The fourth-order valence-corrected chi connectivity index (χ4v) is 3.37. The van der Waals surface area contributed by atoms with Gasteiger partial charge in [0, 0.05) is 25.2 Å². The maximum atomic E-state index is 12.9. The summed E-state index contributed by atoms with van der Waals surface area (Å²) < 4.78 is 5.42. The summed E-state index contributed by atoms with van der Waals surface area (Å²) in [6.45, 7) is 4.16. The van der Waals surface area contributed by atoms with Crippen LogP contribution in [-0.4, -0.2) is 41.5 Å². The standard InChI is InChI=1S/C20H27N3O2/c1-4-23(14-16-11-9-15(10-12-16)13-22(2)3)20(24)19-17-7-5-6-8-18(17)21-25-19/h9-12H,4-8,13-14H2,1-3H3. The first-order valence-electron chi connectivity index (χ1n) is 9.07. The Morgan fingerprint density at radius 1 is 1.08 bits per heavy atom. The van der Waals surface area contributed by atoms with Gasteiger partial charge in [0.05, 0.1) is 5.69 Å². The highest BCUT2D eigenvalue weighted by Crippen LogP contribution is 2.25. The predicted octanol–water partition coefficient (Wildman–Crippen LogP) is 3.28. The molecule has 0 atom stereocenters. The Morgan fingerprint density at radius 3 is 2.36 bits per heavy atom. The fraction of sp³-hybridized carbons (Fsp3) is 0.500. The lowest BCUT2D eigenvalue weighted by Crippen LogP contribution is -2.31. The largest absolute Gasteiger partial charge is 0.350 e. The molecule has 0 spiro atoms. The highest BCUT2D eigenvalue weighted by Gasteiger charge is 2.27. The minimum absolute atomic E-state index is 0.0458. The van der Waals surface area contributed by atoms with Crippen LogP contribution >= 0.6 is 0 Å². The van der Waals surface area contributed by atoms with Crippen molar-refractivity contribution in [1.29, 1.82) is 0 Å². The molecule has 0 saturated carbocycles. The van der Waals surface area contributed by atoms with Gasteiger partial charge in [-0.25, -0.2) is 0 Å². The van der Waals surface area contributed by atoms with Gasteiger partial charge in [0.2, 0.25) is 5.76 Å². The highest BCUT2D eigenvalue weighted by molar-refractivity contribution is 5.93. The highest BCUT2D eigenvalue weighted by atomic mass is 16.5. The molecule has 1 aliphatic rings. The number of amides is 1. The maximum Gasteiger partial charge on any atom is 0.293 e. The molecule has 1 aromatic carbocycles. The van der Waals surface area contributed by atoms with Gasteiger partial charge in [-0.2, -0.15) is 0 Å². The topological polar surface area (TPSA) is 49.6 Å². The van der Waals surface area contributed by atoms with Gasteiger partial charge in [-0.3, -0.25) is 4.79 Å². The van der Waals surface area contributed by atoms with Crippen molar-refractivity contribution < 1.29 is 9.32 Å². The van der Waals surface area contributed by atoms with E-state index >= 15 is 0 Å². The number of carbonyl (C=O) groups excluding carboxylic acids is 1. The average Bonchev–Trinajstić information content (AvgIpc) is 3.04. The van der Waals surface area contributed by atoms with Crippen molar-refractivity contribution in [3.8, 4) is 0 Å². The van der Waals surface area contributed by atoms with Gasteiger partial charge in [0.1, 0.15) is 0 Å². The smallest absolute Gasteiger partial charge is 0.293 e. The number of rotatable bonds is 6. The Hall–Kier alpha value is -2.14. The summed E-state index contributed by atoms with van der Waals surface area (Å²) in [5.41, 5.74) is 4.40. The third-order valence-electron chi connectivity index (χ3n) is 4.72. The van der Waals surface area contributed by atoms with Crippen LogP contribution in [0.4, 0.5) is 0 Å². The number of aryl methyl sites for hydroxylation is 1. The van der Waals surface area contributed by atoms with Crippen LogP contribution in [0.25, 0.3) is 0 Å². The number of nitrogens with zero attached hydrogens (tertiary/aromatic N) is 3. The Bertz CT molecular complexity index is 719. The van der Waals surface area contributed by atoms with Crippen LogP contribution in [0.2, 0.25) is 0 Å². The maximum absolute atomic E-state index is 12.9. The Balaban J connectivity index is 1.72. The molecule has 3 rings (SSSR count). The minimum atomic E-state index is -0.0458. The second kappa shape index (κ2) is 7.83. The van der Waals surface area contributed by atoms with Gasteiger partial charge in [0.25, 0.3) is 5.91 Å². The molecule has 5 heteroatoms. The monoisotopic (exact) mass is 341 g/mol. The summed E-state index contributed by atoms with van der Waals surface area (Å²) in [5, 5.41) is 4.11. The molecule has 0 fully saturated rings. The molecule has 25 heavy (non-hydrogen) atoms. The third-order valence-corrected chi connectivity index (χ3v) is 4.72. The number of hydrogen-bond donors (Lipinski definition) is 0. The number of fused-ring (bicyclic) bond motifs is 1. The summed E-state index contributed by atoms with van der Waals surface area (Å²) in [6.07, 6.45) is 4.06. The quantitative estimate of drug-likeness (QED) is 0.809. The van der Waals surface area contributed by atoms with E-state index in [1.54, 1.807) is 0 Å². The van der Waals surface area contributed by atoms with Gasteiger partial charge >= 0.3 is 0 Å². The molecule has 1 amide bonds. The normalized spacial score (nSPS) is 13.8. The zero-order valence-corrected chi connectivity index (χ0v) is 15.4. The van der Waals surface area contributed by atoms with E-state index in [0.29, 0.717) is 18.8 Å². The van der Waals surface area contributed by atoms with E-state index in [9.17, 15) is 4.79 Å². The fourth-order valence-electron chi connectivity index (χ4n) is 3.37. The van der Waals surface area contributed by atoms with E-state index < -0.39 is 0 Å². The Labute approximate surface area is 149 Å². The van der Waals surface area contributed by atoms with Crippen molar-refractivity contribution in [3.63, 3.8) is 0 Å². The molecule has 0 unspecified atom stereocenters. The van der Waals surface area contributed by atoms with E-state index in [1.807, 2.05) is 11.8 Å². The summed E-state index contributed by atoms with van der Waals surface area (Å²) in [6, 6.07) is 8.46. The minimum Gasteiger partial charge on any atom is -0.350 e. The lowest BCUT2D eigenvalue weighted by Gasteiger charge is -2.21. The summed E-state index contributed by atoms with van der Waals surface area (Å²) >= 11 is 0. The lowest BCUT2D eigenvalue weighted by molar-refractivity contribution is 0.0709. The number of benzene rings is 1. The van der Waals surface area contributed by atoms with Crippen molar-refractivity contribution in [3.05, 3.63) is 52.4 Å².